The minimum absolute atomic E-state index is 0.0338. The number of hydrogen-bond acceptors (Lipinski definition) is 10. The van der Waals surface area contributed by atoms with Crippen LogP contribution in [0.25, 0.3) is 11.1 Å². The summed E-state index contributed by atoms with van der Waals surface area (Å²) in [4.78, 5) is 47.5. The second-order valence-corrected chi connectivity index (χ2v) is 8.39. The summed E-state index contributed by atoms with van der Waals surface area (Å²) in [6, 6.07) is 19.5. The average molecular weight is 561 g/mol. The van der Waals surface area contributed by atoms with E-state index >= 15 is 0 Å². The van der Waals surface area contributed by atoms with Crippen LogP contribution in [0.5, 0.6) is 11.5 Å². The Balaban J connectivity index is 1.42. The van der Waals surface area contributed by atoms with Crippen molar-refractivity contribution in [2.75, 3.05) is 19.8 Å². The van der Waals surface area contributed by atoms with Crippen molar-refractivity contribution in [2.24, 2.45) is 0 Å². The van der Waals surface area contributed by atoms with Crippen LogP contribution in [-0.4, -0.2) is 49.0 Å². The van der Waals surface area contributed by atoms with Gasteiger partial charge in [0.1, 0.15) is 11.5 Å². The van der Waals surface area contributed by atoms with Crippen LogP contribution >= 0.6 is 0 Å². The molecule has 0 unspecified atom stereocenters. The lowest BCUT2D eigenvalue weighted by Crippen LogP contribution is -2.13. The largest absolute Gasteiger partial charge is 0.513 e. The molecule has 0 spiro atoms. The number of aliphatic hydroxyl groups excluding tert-OH is 1. The summed E-state index contributed by atoms with van der Waals surface area (Å²) in [7, 11) is 0. The first-order valence-electron chi connectivity index (χ1n) is 12.5. The fourth-order valence-electron chi connectivity index (χ4n) is 3.30. The van der Waals surface area contributed by atoms with Crippen molar-refractivity contribution in [2.45, 2.75) is 12.8 Å². The first-order chi connectivity index (χ1) is 19.8. The number of hydrogen-bond donors (Lipinski definition) is 1. The summed E-state index contributed by atoms with van der Waals surface area (Å²) >= 11 is 0. The molecule has 0 aliphatic carbocycles. The maximum Gasteiger partial charge on any atom is 0.513 e. The third kappa shape index (κ3) is 9.48. The molecule has 0 saturated carbocycles. The number of carbonyl (C=O) groups is 4. The molecule has 3 aromatic rings. The number of esters is 3. The first-order valence-corrected chi connectivity index (χ1v) is 12.5. The van der Waals surface area contributed by atoms with Crippen LogP contribution in [0, 0.1) is 0 Å². The molecule has 0 aliphatic rings. The van der Waals surface area contributed by atoms with Crippen molar-refractivity contribution in [3.8, 4) is 22.6 Å². The quantitative estimate of drug-likeness (QED) is 0.0561. The third-order valence-electron chi connectivity index (χ3n) is 5.47. The smallest absolute Gasteiger partial charge is 0.462 e. The van der Waals surface area contributed by atoms with Gasteiger partial charge in [-0.05, 0) is 72.5 Å². The fraction of sp³-hybridized carbons (Fsp3) is 0.161. The Labute approximate surface area is 236 Å². The van der Waals surface area contributed by atoms with Gasteiger partial charge in [0, 0.05) is 0 Å². The summed E-state index contributed by atoms with van der Waals surface area (Å²) in [6.07, 6.45) is 1.03. The minimum Gasteiger partial charge on any atom is -0.462 e. The van der Waals surface area contributed by atoms with Crippen molar-refractivity contribution in [3.05, 3.63) is 109 Å². The zero-order valence-electron chi connectivity index (χ0n) is 22.1. The van der Waals surface area contributed by atoms with E-state index in [1.807, 2.05) is 0 Å². The molecule has 0 aliphatic heterocycles. The van der Waals surface area contributed by atoms with E-state index in [0.29, 0.717) is 24.2 Å². The lowest BCUT2D eigenvalue weighted by atomic mass is 10.0. The first kappa shape index (κ1) is 30.3. The Morgan fingerprint density at radius 1 is 0.683 bits per heavy atom. The zero-order valence-corrected chi connectivity index (χ0v) is 22.1. The van der Waals surface area contributed by atoms with Gasteiger partial charge in [-0.15, -0.1) is 0 Å². The van der Waals surface area contributed by atoms with Gasteiger partial charge in [-0.25, -0.2) is 19.2 Å². The van der Waals surface area contributed by atoms with Gasteiger partial charge in [0.15, 0.2) is 0 Å². The Morgan fingerprint density at radius 2 is 1.17 bits per heavy atom. The molecule has 3 aromatic carbocycles. The lowest BCUT2D eigenvalue weighted by Gasteiger charge is -2.08. The second kappa shape index (κ2) is 15.4. The monoisotopic (exact) mass is 560 g/mol. The summed E-state index contributed by atoms with van der Waals surface area (Å²) in [5.74, 6) is -1.25. The number of unbranched alkanes of at least 4 members (excludes halogenated alkanes) is 1. The van der Waals surface area contributed by atoms with Crippen LogP contribution in [-0.2, 0) is 19.0 Å². The molecule has 0 amide bonds. The average Bonchev–Trinajstić information content (AvgIpc) is 2.99. The molecule has 0 bridgehead atoms. The van der Waals surface area contributed by atoms with Gasteiger partial charge in [0.2, 0.25) is 0 Å². The van der Waals surface area contributed by atoms with Gasteiger partial charge in [0.25, 0.3) is 0 Å². The van der Waals surface area contributed by atoms with Crippen LogP contribution in [0.2, 0.25) is 0 Å². The molecule has 0 aromatic heterocycles. The molecule has 0 saturated heterocycles. The van der Waals surface area contributed by atoms with Crippen LogP contribution in [0.15, 0.2) is 97.8 Å². The molecule has 3 rings (SSSR count). The van der Waals surface area contributed by atoms with E-state index in [0.717, 1.165) is 17.4 Å². The summed E-state index contributed by atoms with van der Waals surface area (Å²) in [6.45, 7) is 6.40. The summed E-state index contributed by atoms with van der Waals surface area (Å²) in [5, 5.41) is 8.79. The molecule has 0 fully saturated rings. The lowest BCUT2D eigenvalue weighted by molar-refractivity contribution is -0.139. The van der Waals surface area contributed by atoms with Crippen LogP contribution in [0.3, 0.4) is 0 Å². The van der Waals surface area contributed by atoms with E-state index in [2.05, 4.69) is 13.2 Å². The predicted octanol–water partition coefficient (Wildman–Crippen LogP) is 5.26. The van der Waals surface area contributed by atoms with Crippen LogP contribution in [0.4, 0.5) is 4.79 Å². The highest BCUT2D eigenvalue weighted by atomic mass is 16.7. The number of rotatable bonds is 13. The van der Waals surface area contributed by atoms with Gasteiger partial charge in [-0.2, -0.15) is 0 Å². The van der Waals surface area contributed by atoms with Crippen molar-refractivity contribution in [3.63, 3.8) is 0 Å². The second-order valence-electron chi connectivity index (χ2n) is 8.39. The predicted molar refractivity (Wildman–Crippen MR) is 147 cm³/mol. The van der Waals surface area contributed by atoms with E-state index < -0.39 is 30.7 Å². The highest BCUT2D eigenvalue weighted by Crippen LogP contribution is 2.24. The molecule has 0 heterocycles. The summed E-state index contributed by atoms with van der Waals surface area (Å²) < 4.78 is 25.1. The minimum atomic E-state index is -0.919. The molecule has 0 radical (unpaired) electrons. The van der Waals surface area contributed by atoms with Crippen molar-refractivity contribution >= 4 is 24.1 Å². The van der Waals surface area contributed by atoms with E-state index in [4.69, 9.17) is 28.8 Å². The molecule has 10 nitrogen and oxygen atoms in total. The van der Waals surface area contributed by atoms with Crippen molar-refractivity contribution in [1.82, 2.24) is 0 Å². The van der Waals surface area contributed by atoms with E-state index in [1.54, 1.807) is 48.5 Å². The Kier molecular flexibility index (Phi) is 11.4. The van der Waals surface area contributed by atoms with E-state index in [9.17, 15) is 19.2 Å². The standard InChI is InChI=1S/C31H28O10/c1-3-37-29(34)24-8-6-22(7-9-24)23-10-14-26(15-11-23)40-30(35)25-12-16-27(17-13-25)41-31(36)39-19-5-4-18-38-28(33)21(2)20-32/h3,6-17,32H,1-2,4-5,18-20H2. The molecule has 212 valence electrons. The number of carbonyl (C=O) groups excluding carboxylic acids is 4. The highest BCUT2D eigenvalue weighted by molar-refractivity contribution is 5.92. The van der Waals surface area contributed by atoms with Gasteiger partial charge >= 0.3 is 24.1 Å². The Morgan fingerprint density at radius 3 is 1.76 bits per heavy atom. The van der Waals surface area contributed by atoms with E-state index in [-0.39, 0.29) is 30.1 Å². The highest BCUT2D eigenvalue weighted by Gasteiger charge is 2.12. The molecular formula is C31H28O10. The van der Waals surface area contributed by atoms with Gasteiger partial charge in [0.05, 0.1) is 42.8 Å². The van der Waals surface area contributed by atoms with Crippen molar-refractivity contribution in [1.29, 1.82) is 0 Å². The SMILES string of the molecule is C=COC(=O)c1ccc(-c2ccc(OC(=O)c3ccc(OC(=O)OCCCCOC(=O)C(=C)CO)cc3)cc2)cc1. The number of benzene rings is 3. The number of aliphatic hydroxyl groups is 1. The third-order valence-corrected chi connectivity index (χ3v) is 5.47. The molecule has 1 N–H and O–H groups in total. The molecule has 10 heteroatoms. The molecule has 0 atom stereocenters. The number of ether oxygens (including phenoxy) is 5. The van der Waals surface area contributed by atoms with Crippen molar-refractivity contribution < 1.29 is 48.0 Å². The van der Waals surface area contributed by atoms with Crippen LogP contribution in [0.1, 0.15) is 33.6 Å². The maximum atomic E-state index is 12.5. The topological polar surface area (TPSA) is 135 Å². The van der Waals surface area contributed by atoms with Gasteiger partial charge < -0.3 is 28.8 Å². The van der Waals surface area contributed by atoms with Gasteiger partial charge in [-0.1, -0.05) is 37.4 Å². The van der Waals surface area contributed by atoms with E-state index in [1.165, 1.54) is 24.3 Å². The fourth-order valence-corrected chi connectivity index (χ4v) is 3.30. The maximum absolute atomic E-state index is 12.5. The van der Waals surface area contributed by atoms with Crippen LogP contribution < -0.4 is 9.47 Å². The summed E-state index contributed by atoms with van der Waals surface area (Å²) in [5.41, 5.74) is 2.32. The molecular weight excluding hydrogens is 532 g/mol. The molecule has 41 heavy (non-hydrogen) atoms. The Hall–Kier alpha value is -5.22. The Bertz CT molecular complexity index is 1370. The van der Waals surface area contributed by atoms with Gasteiger partial charge in [-0.3, -0.25) is 0 Å². The zero-order chi connectivity index (χ0) is 29.6. The normalized spacial score (nSPS) is 10.2.